The normalized spacial score (nSPS) is 21.8. The molecule has 0 spiro atoms. The van der Waals surface area contributed by atoms with Crippen molar-refractivity contribution in [2.45, 2.75) is 38.6 Å². The molecule has 1 aliphatic heterocycles. The second kappa shape index (κ2) is 6.14. The first-order valence-electron chi connectivity index (χ1n) is 5.47. The fourth-order valence-corrected chi connectivity index (χ4v) is 1.79. The molecule has 1 saturated heterocycles. The van der Waals surface area contributed by atoms with Gasteiger partial charge in [0.2, 0.25) is 0 Å². The van der Waals surface area contributed by atoms with Gasteiger partial charge in [-0.3, -0.25) is 0 Å². The predicted molar refractivity (Wildman–Crippen MR) is 56.4 cm³/mol. The highest BCUT2D eigenvalue weighted by Gasteiger charge is 2.19. The van der Waals surface area contributed by atoms with Gasteiger partial charge in [-0.15, -0.1) is 0 Å². The van der Waals surface area contributed by atoms with Gasteiger partial charge in [-0.25, -0.2) is 0 Å². The van der Waals surface area contributed by atoms with E-state index in [1.807, 2.05) is 0 Å². The number of ether oxygens (including phenoxy) is 1. The van der Waals surface area contributed by atoms with E-state index in [2.05, 4.69) is 11.9 Å². The highest BCUT2D eigenvalue weighted by Crippen LogP contribution is 2.11. The lowest BCUT2D eigenvalue weighted by Crippen LogP contribution is -2.32. The molecule has 0 aromatic heterocycles. The lowest BCUT2D eigenvalue weighted by Gasteiger charge is -2.22. The van der Waals surface area contributed by atoms with Gasteiger partial charge in [-0.1, -0.05) is 0 Å². The molecule has 1 aliphatic rings. The molecule has 3 heteroatoms. The molecular formula is C11H21NO2. The number of hydrogen-bond acceptors (Lipinski definition) is 3. The SMILES string of the molecule is CC(=O)CCCCN(C)C1CCOC1. The van der Waals surface area contributed by atoms with E-state index in [4.69, 9.17) is 4.74 Å². The Kier molecular flexibility index (Phi) is 5.12. The zero-order chi connectivity index (χ0) is 10.4. The maximum Gasteiger partial charge on any atom is 0.129 e. The van der Waals surface area contributed by atoms with E-state index in [0.29, 0.717) is 11.8 Å². The van der Waals surface area contributed by atoms with Crippen LogP contribution >= 0.6 is 0 Å². The molecule has 0 radical (unpaired) electrons. The summed E-state index contributed by atoms with van der Waals surface area (Å²) in [6.45, 7) is 4.53. The molecule has 0 aromatic carbocycles. The van der Waals surface area contributed by atoms with Gasteiger partial charge in [0.15, 0.2) is 0 Å². The number of Topliss-reactive ketones (excluding diaryl/α,β-unsaturated/α-hetero) is 1. The van der Waals surface area contributed by atoms with Gasteiger partial charge < -0.3 is 14.4 Å². The number of hydrogen-bond donors (Lipinski definition) is 0. The topological polar surface area (TPSA) is 29.5 Å². The monoisotopic (exact) mass is 199 g/mol. The largest absolute Gasteiger partial charge is 0.380 e. The average Bonchev–Trinajstić information content (AvgIpc) is 2.64. The Bertz CT molecular complexity index is 176. The first kappa shape index (κ1) is 11.7. The molecule has 82 valence electrons. The van der Waals surface area contributed by atoms with Crippen LogP contribution in [0.25, 0.3) is 0 Å². The van der Waals surface area contributed by atoms with Gasteiger partial charge in [-0.2, -0.15) is 0 Å². The molecule has 3 nitrogen and oxygen atoms in total. The number of unbranched alkanes of at least 4 members (excludes halogenated alkanes) is 1. The molecule has 1 rings (SSSR count). The van der Waals surface area contributed by atoms with E-state index in [1.54, 1.807) is 6.92 Å². The van der Waals surface area contributed by atoms with Crippen LogP contribution in [0.15, 0.2) is 0 Å². The first-order valence-corrected chi connectivity index (χ1v) is 5.47. The molecule has 1 unspecified atom stereocenters. The smallest absolute Gasteiger partial charge is 0.129 e. The molecule has 0 N–H and O–H groups in total. The van der Waals surface area contributed by atoms with Gasteiger partial charge in [0.25, 0.3) is 0 Å². The van der Waals surface area contributed by atoms with E-state index in [-0.39, 0.29) is 0 Å². The Morgan fingerprint density at radius 2 is 2.29 bits per heavy atom. The van der Waals surface area contributed by atoms with E-state index in [0.717, 1.165) is 45.4 Å². The van der Waals surface area contributed by atoms with Gasteiger partial charge >= 0.3 is 0 Å². The number of ketones is 1. The highest BCUT2D eigenvalue weighted by atomic mass is 16.5. The van der Waals surface area contributed by atoms with Crippen molar-refractivity contribution in [1.82, 2.24) is 4.90 Å². The minimum Gasteiger partial charge on any atom is -0.380 e. The summed E-state index contributed by atoms with van der Waals surface area (Å²) in [6, 6.07) is 0.604. The first-order chi connectivity index (χ1) is 6.70. The fourth-order valence-electron chi connectivity index (χ4n) is 1.79. The van der Waals surface area contributed by atoms with Crippen molar-refractivity contribution in [3.8, 4) is 0 Å². The number of nitrogens with zero attached hydrogens (tertiary/aromatic N) is 1. The van der Waals surface area contributed by atoms with Crippen LogP contribution in [0.1, 0.15) is 32.6 Å². The summed E-state index contributed by atoms with van der Waals surface area (Å²) in [4.78, 5) is 13.1. The summed E-state index contributed by atoms with van der Waals surface area (Å²) in [6.07, 6.45) is 4.03. The van der Waals surface area contributed by atoms with Crippen molar-refractivity contribution in [3.63, 3.8) is 0 Å². The Balaban J connectivity index is 2.02. The minimum atomic E-state index is 0.303. The van der Waals surface area contributed by atoms with E-state index < -0.39 is 0 Å². The van der Waals surface area contributed by atoms with Crippen LogP contribution in [0.2, 0.25) is 0 Å². The standard InChI is InChI=1S/C11H21NO2/c1-10(13)5-3-4-7-12(2)11-6-8-14-9-11/h11H,3-9H2,1-2H3. The summed E-state index contributed by atoms with van der Waals surface area (Å²) in [7, 11) is 2.15. The summed E-state index contributed by atoms with van der Waals surface area (Å²) in [5, 5.41) is 0. The lowest BCUT2D eigenvalue weighted by atomic mass is 10.1. The second-order valence-corrected chi connectivity index (χ2v) is 4.16. The molecule has 1 atom stereocenters. The van der Waals surface area contributed by atoms with Crippen molar-refractivity contribution in [2.24, 2.45) is 0 Å². The quantitative estimate of drug-likeness (QED) is 0.607. The van der Waals surface area contributed by atoms with Crippen LogP contribution in [-0.2, 0) is 9.53 Å². The second-order valence-electron chi connectivity index (χ2n) is 4.16. The highest BCUT2D eigenvalue weighted by molar-refractivity contribution is 5.75. The van der Waals surface area contributed by atoms with Gasteiger partial charge in [0.1, 0.15) is 5.78 Å². The molecule has 14 heavy (non-hydrogen) atoms. The van der Waals surface area contributed by atoms with Gasteiger partial charge in [0, 0.05) is 19.1 Å². The molecule has 1 fully saturated rings. The molecule has 0 bridgehead atoms. The van der Waals surface area contributed by atoms with Crippen LogP contribution < -0.4 is 0 Å². The van der Waals surface area contributed by atoms with Crippen molar-refractivity contribution >= 4 is 5.78 Å². The number of likely N-dealkylation sites (N-methyl/N-ethyl adjacent to an activating group) is 1. The van der Waals surface area contributed by atoms with E-state index >= 15 is 0 Å². The van der Waals surface area contributed by atoms with Gasteiger partial charge in [-0.05, 0) is 39.8 Å². The van der Waals surface area contributed by atoms with Gasteiger partial charge in [0.05, 0.1) is 6.61 Å². The van der Waals surface area contributed by atoms with Crippen LogP contribution in [-0.4, -0.2) is 43.5 Å². The van der Waals surface area contributed by atoms with Crippen molar-refractivity contribution in [3.05, 3.63) is 0 Å². The van der Waals surface area contributed by atoms with Crippen LogP contribution in [0.5, 0.6) is 0 Å². The lowest BCUT2D eigenvalue weighted by molar-refractivity contribution is -0.117. The molecular weight excluding hydrogens is 178 g/mol. The summed E-state index contributed by atoms with van der Waals surface area (Å²) in [5.74, 6) is 0.303. The average molecular weight is 199 g/mol. The van der Waals surface area contributed by atoms with Crippen molar-refractivity contribution < 1.29 is 9.53 Å². The summed E-state index contributed by atoms with van der Waals surface area (Å²) >= 11 is 0. The summed E-state index contributed by atoms with van der Waals surface area (Å²) < 4.78 is 5.33. The van der Waals surface area contributed by atoms with E-state index in [1.165, 1.54) is 0 Å². The zero-order valence-corrected chi connectivity index (χ0v) is 9.29. The van der Waals surface area contributed by atoms with Crippen molar-refractivity contribution in [1.29, 1.82) is 0 Å². The molecule has 0 aromatic rings. The predicted octanol–water partition coefficient (Wildman–Crippen LogP) is 1.47. The fraction of sp³-hybridized carbons (Fsp3) is 0.909. The van der Waals surface area contributed by atoms with Crippen molar-refractivity contribution in [2.75, 3.05) is 26.8 Å². The van der Waals surface area contributed by atoms with Crippen LogP contribution in [0.3, 0.4) is 0 Å². The maximum atomic E-state index is 10.7. The third kappa shape index (κ3) is 4.20. The Morgan fingerprint density at radius 1 is 1.50 bits per heavy atom. The minimum absolute atomic E-state index is 0.303. The Labute approximate surface area is 86.4 Å². The third-order valence-electron chi connectivity index (χ3n) is 2.82. The molecule has 1 heterocycles. The zero-order valence-electron chi connectivity index (χ0n) is 9.29. The summed E-state index contributed by atoms with van der Waals surface area (Å²) in [5.41, 5.74) is 0. The maximum absolute atomic E-state index is 10.7. The Morgan fingerprint density at radius 3 is 2.86 bits per heavy atom. The number of carbonyl (C=O) groups excluding carboxylic acids is 1. The molecule has 0 amide bonds. The van der Waals surface area contributed by atoms with Crippen LogP contribution in [0.4, 0.5) is 0 Å². The molecule has 0 aliphatic carbocycles. The van der Waals surface area contributed by atoms with Crippen LogP contribution in [0, 0.1) is 0 Å². The third-order valence-corrected chi connectivity index (χ3v) is 2.82. The Hall–Kier alpha value is -0.410. The number of carbonyl (C=O) groups is 1. The van der Waals surface area contributed by atoms with E-state index in [9.17, 15) is 4.79 Å². The number of rotatable bonds is 6. The molecule has 0 saturated carbocycles.